The summed E-state index contributed by atoms with van der Waals surface area (Å²) in [5.74, 6) is -1.29. The number of carbonyl (C=O) groups is 2. The van der Waals surface area contributed by atoms with Gasteiger partial charge in [-0.2, -0.15) is 0 Å². The number of hydrogen-bond acceptors (Lipinski definition) is 2. The molecular formula is C13H16ClNO3. The summed E-state index contributed by atoms with van der Waals surface area (Å²) >= 11 is 5.85. The molecule has 2 N–H and O–H groups in total. The molecule has 1 atom stereocenters. The Kier molecular flexibility index (Phi) is 5.16. The fourth-order valence-electron chi connectivity index (χ4n) is 1.62. The van der Waals surface area contributed by atoms with Gasteiger partial charge in [-0.15, -0.1) is 0 Å². The number of carbonyl (C=O) groups excluding carboxylic acids is 1. The van der Waals surface area contributed by atoms with E-state index in [1.807, 2.05) is 13.0 Å². The van der Waals surface area contributed by atoms with E-state index in [-0.39, 0.29) is 24.7 Å². The number of carboxylic acid groups (broad SMARTS) is 1. The van der Waals surface area contributed by atoms with Crippen LogP contribution >= 0.6 is 11.6 Å². The van der Waals surface area contributed by atoms with Crippen LogP contribution in [-0.2, 0) is 9.59 Å². The number of halogens is 1. The van der Waals surface area contributed by atoms with Gasteiger partial charge in [0.25, 0.3) is 0 Å². The fraction of sp³-hybridized carbons (Fsp3) is 0.385. The van der Waals surface area contributed by atoms with E-state index in [0.717, 1.165) is 5.56 Å². The highest BCUT2D eigenvalue weighted by Crippen LogP contribution is 2.21. The van der Waals surface area contributed by atoms with Crippen molar-refractivity contribution >= 4 is 29.2 Å². The van der Waals surface area contributed by atoms with Gasteiger partial charge in [-0.05, 0) is 30.5 Å². The molecule has 98 valence electrons. The highest BCUT2D eigenvalue weighted by Gasteiger charge is 2.13. The Morgan fingerprint density at radius 1 is 1.39 bits per heavy atom. The first-order valence-electron chi connectivity index (χ1n) is 5.66. The molecule has 1 amide bonds. The van der Waals surface area contributed by atoms with E-state index in [2.05, 4.69) is 5.32 Å². The monoisotopic (exact) mass is 269 g/mol. The van der Waals surface area contributed by atoms with Gasteiger partial charge in [-0.3, -0.25) is 9.59 Å². The smallest absolute Gasteiger partial charge is 0.303 e. The molecule has 0 saturated heterocycles. The molecule has 0 aliphatic heterocycles. The van der Waals surface area contributed by atoms with Gasteiger partial charge in [0.2, 0.25) is 5.91 Å². The second kappa shape index (κ2) is 6.40. The van der Waals surface area contributed by atoms with Crippen molar-refractivity contribution in [3.05, 3.63) is 28.8 Å². The molecule has 0 aliphatic rings. The van der Waals surface area contributed by atoms with Crippen LogP contribution in [0.15, 0.2) is 18.2 Å². The van der Waals surface area contributed by atoms with Crippen molar-refractivity contribution in [2.45, 2.75) is 26.7 Å². The van der Waals surface area contributed by atoms with E-state index >= 15 is 0 Å². The lowest BCUT2D eigenvalue weighted by atomic mass is 10.0. The summed E-state index contributed by atoms with van der Waals surface area (Å²) < 4.78 is 0. The first kappa shape index (κ1) is 14.5. The van der Waals surface area contributed by atoms with Crippen LogP contribution in [0.5, 0.6) is 0 Å². The van der Waals surface area contributed by atoms with Crippen molar-refractivity contribution in [3.63, 3.8) is 0 Å². The van der Waals surface area contributed by atoms with Crippen molar-refractivity contribution in [1.29, 1.82) is 0 Å². The van der Waals surface area contributed by atoms with Gasteiger partial charge in [0.1, 0.15) is 0 Å². The third-order valence-corrected chi connectivity index (χ3v) is 2.77. The maximum atomic E-state index is 11.7. The third kappa shape index (κ3) is 4.75. The Bertz CT molecular complexity index is 460. The van der Waals surface area contributed by atoms with Crippen molar-refractivity contribution in [2.75, 3.05) is 5.32 Å². The summed E-state index contributed by atoms with van der Waals surface area (Å²) in [6, 6.07) is 5.24. The largest absolute Gasteiger partial charge is 0.481 e. The number of hydrogen-bond donors (Lipinski definition) is 2. The zero-order chi connectivity index (χ0) is 13.7. The fourth-order valence-corrected chi connectivity index (χ4v) is 1.79. The maximum Gasteiger partial charge on any atom is 0.303 e. The molecule has 1 unspecified atom stereocenters. The van der Waals surface area contributed by atoms with Crippen LogP contribution in [0.4, 0.5) is 5.69 Å². The van der Waals surface area contributed by atoms with E-state index in [4.69, 9.17) is 16.7 Å². The second-order valence-corrected chi connectivity index (χ2v) is 4.85. The van der Waals surface area contributed by atoms with Crippen LogP contribution in [0, 0.1) is 12.8 Å². The van der Waals surface area contributed by atoms with Crippen molar-refractivity contribution in [2.24, 2.45) is 5.92 Å². The summed E-state index contributed by atoms with van der Waals surface area (Å²) in [7, 11) is 0. The van der Waals surface area contributed by atoms with E-state index in [0.29, 0.717) is 10.7 Å². The van der Waals surface area contributed by atoms with Crippen molar-refractivity contribution in [3.8, 4) is 0 Å². The molecule has 4 nitrogen and oxygen atoms in total. The topological polar surface area (TPSA) is 66.4 Å². The quantitative estimate of drug-likeness (QED) is 0.863. The van der Waals surface area contributed by atoms with Crippen LogP contribution in [-0.4, -0.2) is 17.0 Å². The minimum atomic E-state index is -0.894. The maximum absolute atomic E-state index is 11.7. The standard InChI is InChI=1S/C13H16ClNO3/c1-8(6-13(17)18)5-12(16)15-11-7-10(14)4-3-9(11)2/h3-4,7-8H,5-6H2,1-2H3,(H,15,16)(H,17,18). The lowest BCUT2D eigenvalue weighted by Gasteiger charge is -2.11. The number of aliphatic carboxylic acids is 1. The SMILES string of the molecule is Cc1ccc(Cl)cc1NC(=O)CC(C)CC(=O)O. The molecule has 0 radical (unpaired) electrons. The molecule has 0 fully saturated rings. The van der Waals surface area contributed by atoms with Gasteiger partial charge in [0.15, 0.2) is 0 Å². The van der Waals surface area contributed by atoms with E-state index < -0.39 is 5.97 Å². The Morgan fingerprint density at radius 2 is 2.06 bits per heavy atom. The summed E-state index contributed by atoms with van der Waals surface area (Å²) in [5.41, 5.74) is 1.58. The molecule has 0 heterocycles. The molecule has 1 rings (SSSR count). The second-order valence-electron chi connectivity index (χ2n) is 4.41. The predicted octanol–water partition coefficient (Wildman–Crippen LogP) is 3.09. The molecule has 0 aromatic heterocycles. The third-order valence-electron chi connectivity index (χ3n) is 2.53. The minimum absolute atomic E-state index is 0.0120. The first-order chi connectivity index (χ1) is 8.38. The summed E-state index contributed by atoms with van der Waals surface area (Å²) in [6.07, 6.45) is 0.167. The van der Waals surface area contributed by atoms with Crippen LogP contribution < -0.4 is 5.32 Å². The molecule has 0 saturated carbocycles. The van der Waals surface area contributed by atoms with Gasteiger partial charge in [0.05, 0.1) is 0 Å². The number of anilines is 1. The molecule has 5 heteroatoms. The number of amides is 1. The van der Waals surface area contributed by atoms with Crippen LogP contribution in [0.25, 0.3) is 0 Å². The number of nitrogens with one attached hydrogen (secondary N) is 1. The molecule has 18 heavy (non-hydrogen) atoms. The van der Waals surface area contributed by atoms with Gasteiger partial charge in [0, 0.05) is 23.6 Å². The Morgan fingerprint density at radius 3 is 2.67 bits per heavy atom. The van der Waals surface area contributed by atoms with Crippen LogP contribution in [0.2, 0.25) is 5.02 Å². The summed E-state index contributed by atoms with van der Waals surface area (Å²) in [6.45, 7) is 3.60. The van der Waals surface area contributed by atoms with Crippen LogP contribution in [0.1, 0.15) is 25.3 Å². The van der Waals surface area contributed by atoms with Gasteiger partial charge in [-0.1, -0.05) is 24.6 Å². The number of aryl methyl sites for hydroxylation is 1. The Labute approximate surface area is 111 Å². The molecule has 0 aliphatic carbocycles. The Hall–Kier alpha value is -1.55. The average Bonchev–Trinajstić information content (AvgIpc) is 2.21. The lowest BCUT2D eigenvalue weighted by Crippen LogP contribution is -2.17. The zero-order valence-electron chi connectivity index (χ0n) is 10.4. The predicted molar refractivity (Wildman–Crippen MR) is 70.9 cm³/mol. The van der Waals surface area contributed by atoms with Crippen molar-refractivity contribution in [1.82, 2.24) is 0 Å². The molecule has 1 aromatic carbocycles. The zero-order valence-corrected chi connectivity index (χ0v) is 11.1. The van der Waals surface area contributed by atoms with Crippen molar-refractivity contribution < 1.29 is 14.7 Å². The minimum Gasteiger partial charge on any atom is -0.481 e. The summed E-state index contributed by atoms with van der Waals surface area (Å²) in [5, 5.41) is 11.9. The first-order valence-corrected chi connectivity index (χ1v) is 6.04. The van der Waals surface area contributed by atoms with Gasteiger partial charge < -0.3 is 10.4 Å². The average molecular weight is 270 g/mol. The highest BCUT2D eigenvalue weighted by molar-refractivity contribution is 6.31. The van der Waals surface area contributed by atoms with Crippen LogP contribution in [0.3, 0.4) is 0 Å². The van der Waals surface area contributed by atoms with Gasteiger partial charge >= 0.3 is 5.97 Å². The normalized spacial score (nSPS) is 11.9. The molecule has 0 bridgehead atoms. The van der Waals surface area contributed by atoms with Gasteiger partial charge in [-0.25, -0.2) is 0 Å². The highest BCUT2D eigenvalue weighted by atomic mass is 35.5. The number of benzene rings is 1. The van der Waals surface area contributed by atoms with E-state index in [1.54, 1.807) is 19.1 Å². The molecule has 0 spiro atoms. The lowest BCUT2D eigenvalue weighted by molar-refractivity contribution is -0.138. The Balaban J connectivity index is 2.59. The molecule has 1 aromatic rings. The van der Waals surface area contributed by atoms with E-state index in [1.165, 1.54) is 0 Å². The number of carboxylic acids is 1. The summed E-state index contributed by atoms with van der Waals surface area (Å²) in [4.78, 5) is 22.2. The number of rotatable bonds is 5. The molecular weight excluding hydrogens is 254 g/mol. The van der Waals surface area contributed by atoms with E-state index in [9.17, 15) is 9.59 Å².